The molecule has 0 spiro atoms. The molecule has 2 aromatic heterocycles. The third-order valence-corrected chi connectivity index (χ3v) is 8.51. The van der Waals surface area contributed by atoms with Crippen molar-refractivity contribution in [2.75, 3.05) is 27.2 Å². The van der Waals surface area contributed by atoms with E-state index < -0.39 is 0 Å². The fourth-order valence-corrected chi connectivity index (χ4v) is 6.75. The van der Waals surface area contributed by atoms with E-state index in [1.165, 1.54) is 15.3 Å². The van der Waals surface area contributed by atoms with Crippen molar-refractivity contribution in [1.29, 1.82) is 0 Å². The summed E-state index contributed by atoms with van der Waals surface area (Å²) < 4.78 is 11.8. The van der Waals surface area contributed by atoms with Gasteiger partial charge in [-0.3, -0.25) is 0 Å². The molecule has 0 unspecified atom stereocenters. The summed E-state index contributed by atoms with van der Waals surface area (Å²) in [5, 5.41) is 4.34. The highest BCUT2D eigenvalue weighted by atomic mass is 32.1. The first-order valence-electron chi connectivity index (χ1n) is 11.5. The van der Waals surface area contributed by atoms with Crippen molar-refractivity contribution in [3.8, 4) is 27.9 Å². The van der Waals surface area contributed by atoms with Gasteiger partial charge < -0.3 is 14.2 Å². The van der Waals surface area contributed by atoms with Gasteiger partial charge in [0.25, 0.3) is 5.89 Å². The van der Waals surface area contributed by atoms with Gasteiger partial charge in [0.05, 0.1) is 11.5 Å². The Morgan fingerprint density at radius 3 is 2.59 bits per heavy atom. The van der Waals surface area contributed by atoms with Crippen molar-refractivity contribution in [2.45, 2.75) is 53.4 Å². The summed E-state index contributed by atoms with van der Waals surface area (Å²) in [6, 6.07) is 4.20. The average molecular weight is 452 g/mol. The zero-order valence-corrected chi connectivity index (χ0v) is 21.0. The van der Waals surface area contributed by atoms with Gasteiger partial charge in [-0.1, -0.05) is 19.0 Å². The Balaban J connectivity index is 1.37. The van der Waals surface area contributed by atoms with Gasteiger partial charge in [0.15, 0.2) is 0 Å². The standard InChI is InChI=1S/C26H33N3O2S/c1-14-11-17(12-15(2)22(14)30-10-8-9-29(6)7)24-27-25(31-28-24)23-18-13-19-21(26(19,4)5)20(18)16(3)32-23/h11-12,19,21H,8-10,13H2,1-7H3/t19-,21-/m1/s1. The van der Waals surface area contributed by atoms with Gasteiger partial charge in [-0.25, -0.2) is 0 Å². The Bertz CT molecular complexity index is 1150. The molecular weight excluding hydrogens is 418 g/mol. The molecule has 3 aromatic rings. The molecule has 0 amide bonds. The summed E-state index contributed by atoms with van der Waals surface area (Å²) in [6.07, 6.45) is 2.15. The lowest BCUT2D eigenvalue weighted by atomic mass is 9.95. The Labute approximate surface area is 194 Å². The van der Waals surface area contributed by atoms with E-state index in [1.54, 1.807) is 5.56 Å². The molecule has 2 aliphatic carbocycles. The second-order valence-corrected chi connectivity index (χ2v) is 11.6. The Morgan fingerprint density at radius 2 is 1.91 bits per heavy atom. The molecule has 0 bridgehead atoms. The van der Waals surface area contributed by atoms with Gasteiger partial charge in [0.2, 0.25) is 5.82 Å². The Hall–Kier alpha value is -2.18. The quantitative estimate of drug-likeness (QED) is 0.411. The van der Waals surface area contributed by atoms with Crippen LogP contribution in [0.4, 0.5) is 0 Å². The van der Waals surface area contributed by atoms with Crippen LogP contribution in [0.15, 0.2) is 16.7 Å². The number of rotatable bonds is 7. The number of ether oxygens (including phenoxy) is 1. The predicted octanol–water partition coefficient (Wildman–Crippen LogP) is 6.02. The van der Waals surface area contributed by atoms with Crippen LogP contribution in [-0.2, 0) is 6.42 Å². The maximum atomic E-state index is 6.08. The summed E-state index contributed by atoms with van der Waals surface area (Å²) in [7, 11) is 4.17. The Morgan fingerprint density at radius 1 is 1.19 bits per heavy atom. The molecule has 2 heterocycles. The van der Waals surface area contributed by atoms with Gasteiger partial charge in [-0.15, -0.1) is 11.3 Å². The van der Waals surface area contributed by atoms with Crippen LogP contribution >= 0.6 is 11.3 Å². The zero-order chi connectivity index (χ0) is 22.8. The van der Waals surface area contributed by atoms with Crippen LogP contribution in [0.3, 0.4) is 0 Å². The molecule has 2 atom stereocenters. The minimum atomic E-state index is 0.446. The zero-order valence-electron chi connectivity index (χ0n) is 20.2. The number of fused-ring (bicyclic) bond motifs is 3. The SMILES string of the molecule is Cc1cc(-c2noc(-c3sc(C)c4c3C[C@@H]3[C@H]4C3(C)C)n2)cc(C)c1OCCCN(C)C. The van der Waals surface area contributed by atoms with Crippen LogP contribution in [0.25, 0.3) is 22.2 Å². The van der Waals surface area contributed by atoms with Gasteiger partial charge in [-0.2, -0.15) is 4.98 Å². The largest absolute Gasteiger partial charge is 0.493 e. The van der Waals surface area contributed by atoms with Crippen LogP contribution in [0, 0.1) is 32.1 Å². The minimum Gasteiger partial charge on any atom is -0.493 e. The van der Waals surface area contributed by atoms with Crippen molar-refractivity contribution >= 4 is 11.3 Å². The summed E-state index contributed by atoms with van der Waals surface area (Å²) in [4.78, 5) is 9.57. The van der Waals surface area contributed by atoms with E-state index in [1.807, 2.05) is 11.3 Å². The van der Waals surface area contributed by atoms with Crippen molar-refractivity contribution in [3.63, 3.8) is 0 Å². The smallest absolute Gasteiger partial charge is 0.268 e. The molecule has 0 radical (unpaired) electrons. The van der Waals surface area contributed by atoms with E-state index in [0.717, 1.165) is 47.7 Å². The lowest BCUT2D eigenvalue weighted by Crippen LogP contribution is -2.15. The first-order chi connectivity index (χ1) is 15.2. The van der Waals surface area contributed by atoms with Crippen molar-refractivity contribution < 1.29 is 9.26 Å². The summed E-state index contributed by atoms with van der Waals surface area (Å²) in [5.41, 5.74) is 6.64. The molecule has 6 heteroatoms. The predicted molar refractivity (Wildman–Crippen MR) is 130 cm³/mol. The van der Waals surface area contributed by atoms with Crippen molar-refractivity contribution in [1.82, 2.24) is 15.0 Å². The van der Waals surface area contributed by atoms with Crippen molar-refractivity contribution in [2.24, 2.45) is 11.3 Å². The number of aryl methyl sites for hydroxylation is 3. The van der Waals surface area contributed by atoms with E-state index in [4.69, 9.17) is 14.2 Å². The van der Waals surface area contributed by atoms with Crippen LogP contribution in [0.2, 0.25) is 0 Å². The highest BCUT2D eigenvalue weighted by Gasteiger charge is 2.63. The van der Waals surface area contributed by atoms with Gasteiger partial charge >= 0.3 is 0 Å². The number of nitrogens with zero attached hydrogens (tertiary/aromatic N) is 3. The number of hydrogen-bond acceptors (Lipinski definition) is 6. The maximum absolute atomic E-state index is 6.08. The van der Waals surface area contributed by atoms with E-state index in [-0.39, 0.29) is 0 Å². The highest BCUT2D eigenvalue weighted by Crippen LogP contribution is 2.72. The average Bonchev–Trinajstić information content (AvgIpc) is 3.21. The third-order valence-electron chi connectivity index (χ3n) is 7.35. The topological polar surface area (TPSA) is 51.4 Å². The van der Waals surface area contributed by atoms with Crippen LogP contribution < -0.4 is 4.74 Å². The number of hydrogen-bond donors (Lipinski definition) is 0. The summed E-state index contributed by atoms with van der Waals surface area (Å²) in [6.45, 7) is 12.9. The van der Waals surface area contributed by atoms with Gasteiger partial charge in [0.1, 0.15) is 5.75 Å². The second-order valence-electron chi connectivity index (χ2n) is 10.4. The molecule has 0 N–H and O–H groups in total. The molecule has 0 aliphatic heterocycles. The summed E-state index contributed by atoms with van der Waals surface area (Å²) >= 11 is 1.81. The second kappa shape index (κ2) is 7.70. The molecule has 1 aromatic carbocycles. The molecule has 1 saturated carbocycles. The van der Waals surface area contributed by atoms with Gasteiger partial charge in [0, 0.05) is 17.0 Å². The lowest BCUT2D eigenvalue weighted by Gasteiger charge is -2.14. The first kappa shape index (κ1) is 21.7. The Kier molecular flexibility index (Phi) is 5.21. The number of benzene rings is 1. The normalized spacial score (nSPS) is 20.5. The molecule has 0 saturated heterocycles. The molecule has 170 valence electrons. The number of thiophene rings is 1. The lowest BCUT2D eigenvalue weighted by molar-refractivity contribution is 0.279. The van der Waals surface area contributed by atoms with E-state index in [9.17, 15) is 0 Å². The minimum absolute atomic E-state index is 0.446. The van der Waals surface area contributed by atoms with Crippen LogP contribution in [0.1, 0.15) is 53.3 Å². The van der Waals surface area contributed by atoms with E-state index in [2.05, 4.69) is 70.9 Å². The fraction of sp³-hybridized carbons (Fsp3) is 0.538. The van der Waals surface area contributed by atoms with E-state index in [0.29, 0.717) is 29.7 Å². The maximum Gasteiger partial charge on any atom is 0.268 e. The monoisotopic (exact) mass is 451 g/mol. The van der Waals surface area contributed by atoms with Gasteiger partial charge in [-0.05, 0) is 99.3 Å². The van der Waals surface area contributed by atoms with Crippen LogP contribution in [0.5, 0.6) is 5.75 Å². The first-order valence-corrected chi connectivity index (χ1v) is 12.4. The fourth-order valence-electron chi connectivity index (χ4n) is 5.60. The summed E-state index contributed by atoms with van der Waals surface area (Å²) in [5.74, 6) is 3.75. The molecule has 5 rings (SSSR count). The third kappa shape index (κ3) is 3.48. The highest BCUT2D eigenvalue weighted by molar-refractivity contribution is 7.15. The van der Waals surface area contributed by atoms with E-state index >= 15 is 0 Å². The number of aromatic nitrogens is 2. The molecule has 2 aliphatic rings. The molecular formula is C26H33N3O2S. The van der Waals surface area contributed by atoms with Crippen molar-refractivity contribution in [3.05, 3.63) is 39.3 Å². The molecule has 5 nitrogen and oxygen atoms in total. The molecule has 1 fully saturated rings. The van der Waals surface area contributed by atoms with Crippen LogP contribution in [-0.4, -0.2) is 42.3 Å². The molecule has 32 heavy (non-hydrogen) atoms.